The van der Waals surface area contributed by atoms with E-state index >= 15 is 0 Å². The number of aliphatic hydroxyl groups is 1. The second kappa shape index (κ2) is 15.5. The number of amides is 3. The first-order valence-corrected chi connectivity index (χ1v) is 20.8. The van der Waals surface area contributed by atoms with E-state index in [-0.39, 0.29) is 50.2 Å². The number of nitro benzene ring substituents is 1. The van der Waals surface area contributed by atoms with Gasteiger partial charge in [0.05, 0.1) is 43.4 Å². The number of hydrogen-bond acceptors (Lipinski definition) is 9. The molecule has 6 rings (SSSR count). The van der Waals surface area contributed by atoms with Crippen LogP contribution in [0.3, 0.4) is 0 Å². The SMILES string of the molecule is COc1ccc(C(=O)Nc2ccc(CN3C(=O)[C@@]4(O[C@@H](CC(=O)N(CCO)Cc5ccccc5)[C@H]([Si](C)(C)O)[C@H]4C)c4cc([N+](=O)[O-])ccc43)cc2)cc1. The topological polar surface area (TPSA) is 172 Å². The third-order valence-electron chi connectivity index (χ3n) is 10.4. The average molecular weight is 753 g/mol. The molecule has 0 radical (unpaired) electrons. The molecule has 3 N–H and O–H groups in total. The molecule has 2 heterocycles. The molecule has 2 aliphatic rings. The molecule has 0 bridgehead atoms. The van der Waals surface area contributed by atoms with Crippen LogP contribution < -0.4 is 15.0 Å². The van der Waals surface area contributed by atoms with Gasteiger partial charge in [-0.15, -0.1) is 0 Å². The number of carbonyl (C=O) groups excluding carboxylic acids is 3. The normalized spacial score (nSPS) is 20.5. The summed E-state index contributed by atoms with van der Waals surface area (Å²) in [5, 5.41) is 24.7. The molecular weight excluding hydrogens is 709 g/mol. The Morgan fingerprint density at radius 1 is 1.02 bits per heavy atom. The van der Waals surface area contributed by atoms with Gasteiger partial charge in [0.15, 0.2) is 13.9 Å². The lowest BCUT2D eigenvalue weighted by molar-refractivity contribution is -0.385. The fourth-order valence-electron chi connectivity index (χ4n) is 7.88. The number of carbonyl (C=O) groups is 3. The number of nitrogens with one attached hydrogen (secondary N) is 1. The predicted molar refractivity (Wildman–Crippen MR) is 204 cm³/mol. The van der Waals surface area contributed by atoms with E-state index in [9.17, 15) is 34.4 Å². The Morgan fingerprint density at radius 3 is 2.31 bits per heavy atom. The molecule has 0 saturated carbocycles. The second-order valence-electron chi connectivity index (χ2n) is 14.3. The molecule has 1 spiro atoms. The molecule has 282 valence electrons. The summed E-state index contributed by atoms with van der Waals surface area (Å²) in [7, 11) is -1.61. The van der Waals surface area contributed by atoms with E-state index in [1.807, 2.05) is 30.3 Å². The molecule has 14 heteroatoms. The molecule has 1 fully saturated rings. The maximum atomic E-state index is 14.8. The minimum absolute atomic E-state index is 0.0808. The van der Waals surface area contributed by atoms with Gasteiger partial charge in [-0.2, -0.15) is 0 Å². The van der Waals surface area contributed by atoms with Gasteiger partial charge >= 0.3 is 0 Å². The lowest BCUT2D eigenvalue weighted by Crippen LogP contribution is -2.46. The number of non-ortho nitro benzene ring substituents is 1. The number of nitro groups is 1. The van der Waals surface area contributed by atoms with Crippen LogP contribution in [-0.4, -0.2) is 72.1 Å². The minimum atomic E-state index is -3.16. The van der Waals surface area contributed by atoms with Gasteiger partial charge in [-0.05, 0) is 66.7 Å². The second-order valence-corrected chi connectivity index (χ2v) is 18.3. The summed E-state index contributed by atoms with van der Waals surface area (Å²) in [5.41, 5.74) is 0.810. The number of benzene rings is 4. The van der Waals surface area contributed by atoms with Crippen LogP contribution in [0.2, 0.25) is 18.6 Å². The zero-order chi connectivity index (χ0) is 38.8. The summed E-state index contributed by atoms with van der Waals surface area (Å²) in [6.45, 7) is 5.45. The lowest BCUT2D eigenvalue weighted by Gasteiger charge is -2.32. The summed E-state index contributed by atoms with van der Waals surface area (Å²) in [5.74, 6) is -1.09. The number of hydrogen-bond donors (Lipinski definition) is 3. The van der Waals surface area contributed by atoms with Crippen molar-refractivity contribution in [1.29, 1.82) is 0 Å². The number of rotatable bonds is 13. The van der Waals surface area contributed by atoms with Crippen molar-refractivity contribution in [3.8, 4) is 5.75 Å². The van der Waals surface area contributed by atoms with Crippen LogP contribution in [0, 0.1) is 16.0 Å². The van der Waals surface area contributed by atoms with Gasteiger partial charge in [-0.3, -0.25) is 24.5 Å². The van der Waals surface area contributed by atoms with E-state index in [4.69, 9.17) is 9.47 Å². The summed E-state index contributed by atoms with van der Waals surface area (Å²) in [6.07, 6.45) is -1.05. The van der Waals surface area contributed by atoms with Crippen molar-refractivity contribution in [3.63, 3.8) is 0 Å². The summed E-state index contributed by atoms with van der Waals surface area (Å²) >= 11 is 0. The van der Waals surface area contributed by atoms with Gasteiger partial charge in [0, 0.05) is 53.5 Å². The number of nitrogens with zero attached hydrogens (tertiary/aromatic N) is 3. The Bertz CT molecular complexity index is 2020. The van der Waals surface area contributed by atoms with E-state index in [2.05, 4.69) is 5.32 Å². The van der Waals surface area contributed by atoms with Crippen molar-refractivity contribution in [2.75, 3.05) is 30.5 Å². The van der Waals surface area contributed by atoms with Gasteiger partial charge in [0.2, 0.25) is 5.91 Å². The number of fused-ring (bicyclic) bond motifs is 2. The highest BCUT2D eigenvalue weighted by molar-refractivity contribution is 6.71. The molecule has 4 atom stereocenters. The maximum Gasteiger partial charge on any atom is 0.269 e. The van der Waals surface area contributed by atoms with Crippen LogP contribution >= 0.6 is 0 Å². The highest BCUT2D eigenvalue weighted by atomic mass is 28.4. The monoisotopic (exact) mass is 752 g/mol. The molecule has 0 aromatic heterocycles. The van der Waals surface area contributed by atoms with E-state index in [0.29, 0.717) is 28.3 Å². The van der Waals surface area contributed by atoms with Crippen LogP contribution in [0.15, 0.2) is 97.1 Å². The Labute approximate surface area is 314 Å². The highest BCUT2D eigenvalue weighted by Gasteiger charge is 2.66. The maximum absolute atomic E-state index is 14.8. The average Bonchev–Trinajstić information content (AvgIpc) is 3.58. The van der Waals surface area contributed by atoms with E-state index < -0.39 is 42.3 Å². The van der Waals surface area contributed by atoms with Crippen LogP contribution in [0.25, 0.3) is 0 Å². The first kappa shape index (κ1) is 38.3. The van der Waals surface area contributed by atoms with E-state index in [1.165, 1.54) is 28.0 Å². The lowest BCUT2D eigenvalue weighted by atomic mass is 9.82. The van der Waals surface area contributed by atoms with Crippen LogP contribution in [0.4, 0.5) is 17.1 Å². The Kier molecular flexibility index (Phi) is 11.0. The standard InChI is InChI=1S/C40H44N4O9Si/c1-26-37(54(3,4)51)35(23-36(46)42(20-21-45)24-27-8-6-5-7-9-27)53-40(26)33-22-31(44(49)50)16-19-34(33)43(39(40)48)25-28-10-14-30(15-11-28)41-38(47)29-12-17-32(52-2)18-13-29/h5-19,22,26,35,37,45,51H,20-21,23-25H2,1-4H3,(H,41,47)/t26-,35+,37-,40+/m1/s1. The van der Waals surface area contributed by atoms with Crippen LogP contribution in [0.5, 0.6) is 5.75 Å². The van der Waals surface area contributed by atoms with Gasteiger partial charge in [0.25, 0.3) is 17.5 Å². The van der Waals surface area contributed by atoms with Crippen LogP contribution in [0.1, 0.15) is 40.4 Å². The Balaban J connectivity index is 1.29. The van der Waals surface area contributed by atoms with Crippen molar-refractivity contribution in [2.45, 2.75) is 56.8 Å². The minimum Gasteiger partial charge on any atom is -0.497 e. The summed E-state index contributed by atoms with van der Waals surface area (Å²) < 4.78 is 11.9. The molecule has 54 heavy (non-hydrogen) atoms. The third-order valence-corrected chi connectivity index (χ3v) is 12.9. The molecule has 13 nitrogen and oxygen atoms in total. The number of anilines is 2. The molecule has 3 amide bonds. The first-order chi connectivity index (χ1) is 25.8. The van der Waals surface area contributed by atoms with Crippen molar-refractivity contribution < 1.29 is 38.7 Å². The molecule has 0 unspecified atom stereocenters. The Hall–Kier alpha value is -5.41. The number of ether oxygens (including phenoxy) is 2. The van der Waals surface area contributed by atoms with E-state index in [0.717, 1.165) is 11.1 Å². The van der Waals surface area contributed by atoms with Gasteiger partial charge in [-0.25, -0.2) is 0 Å². The van der Waals surface area contributed by atoms with Crippen molar-refractivity contribution in [3.05, 3.63) is 129 Å². The van der Waals surface area contributed by atoms with E-state index in [1.54, 1.807) is 75.7 Å². The molecule has 0 aliphatic carbocycles. The zero-order valence-electron chi connectivity index (χ0n) is 30.6. The van der Waals surface area contributed by atoms with Crippen LogP contribution in [-0.2, 0) is 33.0 Å². The third kappa shape index (κ3) is 7.50. The largest absolute Gasteiger partial charge is 0.497 e. The van der Waals surface area contributed by atoms with Gasteiger partial charge in [0.1, 0.15) is 5.75 Å². The molecule has 4 aromatic carbocycles. The molecular formula is C40H44N4O9Si. The zero-order valence-corrected chi connectivity index (χ0v) is 31.6. The molecule has 4 aromatic rings. The Morgan fingerprint density at radius 2 is 1.70 bits per heavy atom. The van der Waals surface area contributed by atoms with Crippen molar-refractivity contribution in [1.82, 2.24) is 4.90 Å². The van der Waals surface area contributed by atoms with Gasteiger partial charge < -0.3 is 34.5 Å². The smallest absolute Gasteiger partial charge is 0.269 e. The van der Waals surface area contributed by atoms with Crippen molar-refractivity contribution >= 4 is 43.1 Å². The summed E-state index contributed by atoms with van der Waals surface area (Å²) in [6, 6.07) is 27.3. The van der Waals surface area contributed by atoms with Gasteiger partial charge in [-0.1, -0.05) is 49.4 Å². The fourth-order valence-corrected chi connectivity index (χ4v) is 10.4. The molecule has 1 saturated heterocycles. The molecule has 2 aliphatic heterocycles. The summed E-state index contributed by atoms with van der Waals surface area (Å²) in [4.78, 5) is 67.8. The quantitative estimate of drug-likeness (QED) is 0.0892. The first-order valence-electron chi connectivity index (χ1n) is 17.7. The number of aliphatic hydroxyl groups excluding tert-OH is 1. The predicted octanol–water partition coefficient (Wildman–Crippen LogP) is 5.61. The highest BCUT2D eigenvalue weighted by Crippen LogP contribution is 2.60. The number of methoxy groups -OCH3 is 1. The van der Waals surface area contributed by atoms with Crippen molar-refractivity contribution in [2.24, 2.45) is 5.92 Å². The fraction of sp³-hybridized carbons (Fsp3) is 0.325.